The Hall–Kier alpha value is -2.25. The van der Waals surface area contributed by atoms with Crippen molar-refractivity contribution < 1.29 is 4.21 Å². The third-order valence-corrected chi connectivity index (χ3v) is 5.77. The SMILES string of the molecule is CCn1c(C)nnc1-c1ncc(Cl)cc1NS(=O)c1ccc(C(C)(C)C)cc1. The maximum absolute atomic E-state index is 12.9. The number of nitrogens with zero attached hydrogens (tertiary/aromatic N) is 4. The second kappa shape index (κ2) is 8.01. The van der Waals surface area contributed by atoms with E-state index in [0.29, 0.717) is 33.7 Å². The summed E-state index contributed by atoms with van der Waals surface area (Å²) in [6.45, 7) is 11.0. The topological polar surface area (TPSA) is 72.7 Å². The molecule has 6 nitrogen and oxygen atoms in total. The van der Waals surface area contributed by atoms with Crippen LogP contribution < -0.4 is 4.72 Å². The largest absolute Gasteiger partial charge is 0.310 e. The summed E-state index contributed by atoms with van der Waals surface area (Å²) in [6, 6.07) is 9.46. The molecule has 0 aliphatic carbocycles. The van der Waals surface area contributed by atoms with E-state index in [-0.39, 0.29) is 5.41 Å². The molecule has 0 fully saturated rings. The van der Waals surface area contributed by atoms with Gasteiger partial charge in [0, 0.05) is 12.7 Å². The summed E-state index contributed by atoms with van der Waals surface area (Å²) < 4.78 is 17.9. The average molecular weight is 418 g/mol. The number of benzene rings is 1. The smallest absolute Gasteiger partial charge is 0.184 e. The highest BCUT2D eigenvalue weighted by molar-refractivity contribution is 7.86. The van der Waals surface area contributed by atoms with Gasteiger partial charge < -0.3 is 4.57 Å². The summed E-state index contributed by atoms with van der Waals surface area (Å²) in [6.07, 6.45) is 1.55. The minimum atomic E-state index is -1.47. The van der Waals surface area contributed by atoms with Gasteiger partial charge in [0.2, 0.25) is 0 Å². The lowest BCUT2D eigenvalue weighted by Crippen LogP contribution is -2.12. The molecule has 148 valence electrons. The molecule has 0 saturated carbocycles. The van der Waals surface area contributed by atoms with Gasteiger partial charge in [0.15, 0.2) is 5.82 Å². The molecule has 1 N–H and O–H groups in total. The Morgan fingerprint density at radius 2 is 1.86 bits per heavy atom. The van der Waals surface area contributed by atoms with E-state index in [0.717, 1.165) is 5.82 Å². The predicted molar refractivity (Wildman–Crippen MR) is 114 cm³/mol. The molecule has 2 heterocycles. The zero-order chi connectivity index (χ0) is 20.5. The molecule has 28 heavy (non-hydrogen) atoms. The van der Waals surface area contributed by atoms with Crippen molar-refractivity contribution >= 4 is 28.3 Å². The molecular weight excluding hydrogens is 394 g/mol. The van der Waals surface area contributed by atoms with Gasteiger partial charge in [0.05, 0.1) is 15.6 Å². The summed E-state index contributed by atoms with van der Waals surface area (Å²) in [5, 5.41) is 8.82. The van der Waals surface area contributed by atoms with Crippen LogP contribution >= 0.6 is 11.6 Å². The second-order valence-corrected chi connectivity index (χ2v) is 9.16. The predicted octanol–water partition coefficient (Wildman–Crippen LogP) is 4.75. The van der Waals surface area contributed by atoms with Crippen molar-refractivity contribution in [1.82, 2.24) is 19.7 Å². The van der Waals surface area contributed by atoms with E-state index in [1.54, 1.807) is 12.3 Å². The van der Waals surface area contributed by atoms with Gasteiger partial charge >= 0.3 is 0 Å². The van der Waals surface area contributed by atoms with Crippen molar-refractivity contribution in [1.29, 1.82) is 0 Å². The summed E-state index contributed by atoms with van der Waals surface area (Å²) in [7, 11) is -1.47. The number of nitrogens with one attached hydrogen (secondary N) is 1. The van der Waals surface area contributed by atoms with E-state index in [4.69, 9.17) is 11.6 Å². The molecule has 0 bridgehead atoms. The molecule has 3 rings (SSSR count). The number of hydrogen-bond donors (Lipinski definition) is 1. The van der Waals surface area contributed by atoms with Crippen molar-refractivity contribution in [3.05, 3.63) is 52.9 Å². The molecule has 0 saturated heterocycles. The van der Waals surface area contributed by atoms with Crippen molar-refractivity contribution in [2.24, 2.45) is 0 Å². The number of hydrogen-bond acceptors (Lipinski definition) is 4. The van der Waals surface area contributed by atoms with Gasteiger partial charge in [0.25, 0.3) is 0 Å². The Labute approximate surface area is 173 Å². The molecule has 0 radical (unpaired) electrons. The van der Waals surface area contributed by atoms with E-state index < -0.39 is 11.0 Å². The van der Waals surface area contributed by atoms with Gasteiger partial charge in [-0.15, -0.1) is 10.2 Å². The third-order valence-electron chi connectivity index (χ3n) is 4.46. The molecule has 1 unspecified atom stereocenters. The summed E-state index contributed by atoms with van der Waals surface area (Å²) in [5.41, 5.74) is 2.34. The lowest BCUT2D eigenvalue weighted by molar-refractivity contribution is 0.589. The highest BCUT2D eigenvalue weighted by Crippen LogP contribution is 2.29. The van der Waals surface area contributed by atoms with Crippen LogP contribution in [0.25, 0.3) is 11.5 Å². The second-order valence-electron chi connectivity index (χ2n) is 7.51. The quantitative estimate of drug-likeness (QED) is 0.649. The van der Waals surface area contributed by atoms with Gasteiger partial charge in [-0.05, 0) is 43.0 Å². The maximum atomic E-state index is 12.9. The van der Waals surface area contributed by atoms with Gasteiger partial charge in [-0.2, -0.15) is 0 Å². The monoisotopic (exact) mass is 417 g/mol. The minimum absolute atomic E-state index is 0.0413. The molecular formula is C20H24ClN5OS. The number of aryl methyl sites for hydroxylation is 1. The fourth-order valence-electron chi connectivity index (χ4n) is 2.87. The average Bonchev–Trinajstić information content (AvgIpc) is 3.01. The van der Waals surface area contributed by atoms with E-state index in [1.165, 1.54) is 5.56 Å². The van der Waals surface area contributed by atoms with Crippen LogP contribution in [0.2, 0.25) is 5.02 Å². The molecule has 0 amide bonds. The van der Waals surface area contributed by atoms with Crippen LogP contribution in [0.5, 0.6) is 0 Å². The Kier molecular flexibility index (Phi) is 5.86. The standard InChI is InChI=1S/C20H24ClN5OS/c1-6-26-13(2)23-24-19(26)18-17(11-15(21)12-22-18)25-28(27)16-9-7-14(8-10-16)20(3,4)5/h7-12,25H,6H2,1-5H3. The zero-order valence-electron chi connectivity index (χ0n) is 16.7. The van der Waals surface area contributed by atoms with Crippen LogP contribution in [0.4, 0.5) is 5.69 Å². The normalized spacial score (nSPS) is 12.8. The Morgan fingerprint density at radius 1 is 1.18 bits per heavy atom. The van der Waals surface area contributed by atoms with E-state index >= 15 is 0 Å². The summed E-state index contributed by atoms with van der Waals surface area (Å²) in [5.74, 6) is 1.40. The fourth-order valence-corrected chi connectivity index (χ4v) is 3.88. The van der Waals surface area contributed by atoms with Crippen LogP contribution in [0.1, 0.15) is 39.1 Å². The molecule has 0 aliphatic rings. The maximum Gasteiger partial charge on any atom is 0.184 e. The first kappa shape index (κ1) is 20.5. The van der Waals surface area contributed by atoms with Gasteiger partial charge in [0.1, 0.15) is 22.5 Å². The molecule has 1 aromatic carbocycles. The lowest BCUT2D eigenvalue weighted by atomic mass is 9.87. The molecule has 8 heteroatoms. The third kappa shape index (κ3) is 4.25. The molecule has 0 aliphatic heterocycles. The van der Waals surface area contributed by atoms with Crippen molar-refractivity contribution in [3.8, 4) is 11.5 Å². The molecule has 1 atom stereocenters. The number of halogens is 1. The zero-order valence-corrected chi connectivity index (χ0v) is 18.2. The first-order chi connectivity index (χ1) is 13.2. The number of anilines is 1. The molecule has 2 aromatic heterocycles. The Balaban J connectivity index is 1.94. The highest BCUT2D eigenvalue weighted by atomic mass is 35.5. The van der Waals surface area contributed by atoms with Crippen LogP contribution in [0.15, 0.2) is 41.4 Å². The fraction of sp³-hybridized carbons (Fsp3) is 0.350. The van der Waals surface area contributed by atoms with E-state index in [2.05, 4.69) is 40.7 Å². The van der Waals surface area contributed by atoms with E-state index in [1.807, 2.05) is 42.7 Å². The summed E-state index contributed by atoms with van der Waals surface area (Å²) >= 11 is 6.14. The number of pyridine rings is 1. The van der Waals surface area contributed by atoms with Crippen LogP contribution in [-0.4, -0.2) is 24.0 Å². The van der Waals surface area contributed by atoms with E-state index in [9.17, 15) is 4.21 Å². The first-order valence-corrected chi connectivity index (χ1v) is 10.6. The van der Waals surface area contributed by atoms with Crippen LogP contribution in [-0.2, 0) is 22.9 Å². The van der Waals surface area contributed by atoms with Crippen molar-refractivity contribution in [3.63, 3.8) is 0 Å². The minimum Gasteiger partial charge on any atom is -0.310 e. The van der Waals surface area contributed by atoms with Crippen LogP contribution in [0.3, 0.4) is 0 Å². The van der Waals surface area contributed by atoms with Gasteiger partial charge in [-0.1, -0.05) is 44.5 Å². The highest BCUT2D eigenvalue weighted by Gasteiger charge is 2.18. The van der Waals surface area contributed by atoms with Crippen molar-refractivity contribution in [2.75, 3.05) is 4.72 Å². The van der Waals surface area contributed by atoms with Crippen LogP contribution in [0, 0.1) is 6.92 Å². The molecule has 0 spiro atoms. The molecule has 3 aromatic rings. The Morgan fingerprint density at radius 3 is 2.46 bits per heavy atom. The Bertz CT molecular complexity index is 1010. The van der Waals surface area contributed by atoms with Gasteiger partial charge in [-0.25, -0.2) is 9.19 Å². The van der Waals surface area contributed by atoms with Crippen molar-refractivity contribution in [2.45, 2.75) is 51.5 Å². The number of rotatable bonds is 5. The number of aromatic nitrogens is 4. The first-order valence-electron chi connectivity index (χ1n) is 9.05. The lowest BCUT2D eigenvalue weighted by Gasteiger charge is -2.19. The summed E-state index contributed by atoms with van der Waals surface area (Å²) in [4.78, 5) is 5.08. The van der Waals surface area contributed by atoms with Gasteiger partial charge in [-0.3, -0.25) is 4.72 Å².